The Labute approximate surface area is 269 Å². The van der Waals surface area contributed by atoms with E-state index in [1.165, 1.54) is 42.3 Å². The third-order valence-electron chi connectivity index (χ3n) is 7.13. The normalized spacial score (nSPS) is 11.7. The molecule has 4 aromatic carbocycles. The van der Waals surface area contributed by atoms with Gasteiger partial charge in [0, 0.05) is 24.5 Å². The maximum atomic E-state index is 14.4. The molecule has 2 amide bonds. The van der Waals surface area contributed by atoms with Gasteiger partial charge in [0.25, 0.3) is 10.0 Å². The molecule has 0 radical (unpaired) electrons. The Kier molecular flexibility index (Phi) is 11.5. The Hall–Kier alpha value is -4.54. The van der Waals surface area contributed by atoms with E-state index in [0.717, 1.165) is 9.87 Å². The zero-order valence-electron chi connectivity index (χ0n) is 25.4. The van der Waals surface area contributed by atoms with Gasteiger partial charge in [-0.15, -0.1) is 0 Å². The number of ether oxygens (including phenoxy) is 2. The number of nitrogens with zero attached hydrogens (tertiary/aromatic N) is 2. The molecule has 0 aliphatic carbocycles. The van der Waals surface area contributed by atoms with Gasteiger partial charge in [-0.05, 0) is 72.6 Å². The lowest BCUT2D eigenvalue weighted by Gasteiger charge is -2.34. The van der Waals surface area contributed by atoms with Gasteiger partial charge in [0.1, 0.15) is 24.1 Å². The Morgan fingerprint density at radius 2 is 1.49 bits per heavy atom. The summed E-state index contributed by atoms with van der Waals surface area (Å²) in [5.41, 5.74) is 1.75. The lowest BCUT2D eigenvalue weighted by molar-refractivity contribution is -0.140. The summed E-state index contributed by atoms with van der Waals surface area (Å²) in [5.74, 6) is 0.127. The Morgan fingerprint density at radius 1 is 0.822 bits per heavy atom. The maximum absolute atomic E-state index is 14.4. The molecule has 4 rings (SSSR count). The van der Waals surface area contributed by atoms with E-state index in [4.69, 9.17) is 21.1 Å². The van der Waals surface area contributed by atoms with Crippen LogP contribution in [0.4, 0.5) is 5.69 Å². The average Bonchev–Trinajstić information content (AvgIpc) is 3.05. The van der Waals surface area contributed by atoms with Gasteiger partial charge in [-0.3, -0.25) is 13.9 Å². The van der Waals surface area contributed by atoms with Crippen molar-refractivity contribution in [3.8, 4) is 11.5 Å². The minimum absolute atomic E-state index is 0.0244. The van der Waals surface area contributed by atoms with E-state index >= 15 is 0 Å². The molecule has 0 saturated heterocycles. The fourth-order valence-corrected chi connectivity index (χ4v) is 6.44. The second kappa shape index (κ2) is 15.5. The van der Waals surface area contributed by atoms with Gasteiger partial charge in [-0.1, -0.05) is 60.1 Å². The molecule has 0 aromatic heterocycles. The first-order chi connectivity index (χ1) is 21.7. The molecule has 0 fully saturated rings. The van der Waals surface area contributed by atoms with Crippen LogP contribution in [0.5, 0.6) is 11.5 Å². The van der Waals surface area contributed by atoms with Crippen molar-refractivity contribution in [3.63, 3.8) is 0 Å². The summed E-state index contributed by atoms with van der Waals surface area (Å²) < 4.78 is 39.8. The van der Waals surface area contributed by atoms with E-state index in [-0.39, 0.29) is 29.5 Å². The van der Waals surface area contributed by atoms with Gasteiger partial charge >= 0.3 is 0 Å². The first-order valence-electron chi connectivity index (χ1n) is 14.3. The van der Waals surface area contributed by atoms with Gasteiger partial charge in [-0.25, -0.2) is 8.42 Å². The SMILES string of the molecule is CCNC(=O)C(Cc1ccccc1)N(Cc1cccc(OC)c1)C(=O)CN(c1cccc(Cl)c1)S(=O)(=O)c1ccc(OC)cc1. The van der Waals surface area contributed by atoms with Crippen LogP contribution in [0.25, 0.3) is 0 Å². The van der Waals surface area contributed by atoms with Crippen LogP contribution >= 0.6 is 11.6 Å². The van der Waals surface area contributed by atoms with Crippen molar-refractivity contribution in [2.45, 2.75) is 30.8 Å². The van der Waals surface area contributed by atoms with E-state index in [9.17, 15) is 18.0 Å². The van der Waals surface area contributed by atoms with Gasteiger partial charge in [0.05, 0.1) is 24.8 Å². The van der Waals surface area contributed by atoms with Gasteiger partial charge < -0.3 is 19.7 Å². The molecule has 0 saturated carbocycles. The fraction of sp³-hybridized carbons (Fsp3) is 0.235. The summed E-state index contributed by atoms with van der Waals surface area (Å²) >= 11 is 6.28. The highest BCUT2D eigenvalue weighted by Crippen LogP contribution is 2.28. The number of likely N-dealkylation sites (N-methyl/N-ethyl adjacent to an activating group) is 1. The summed E-state index contributed by atoms with van der Waals surface area (Å²) in [5, 5.41) is 3.15. The highest BCUT2D eigenvalue weighted by molar-refractivity contribution is 7.92. The molecular weight excluding hydrogens is 614 g/mol. The molecule has 1 unspecified atom stereocenters. The van der Waals surface area contributed by atoms with Crippen molar-refractivity contribution >= 4 is 39.1 Å². The molecule has 236 valence electrons. The summed E-state index contributed by atoms with van der Waals surface area (Å²) in [6.07, 6.45) is 0.213. The average molecular weight is 650 g/mol. The van der Waals surface area contributed by atoms with Gasteiger partial charge in [-0.2, -0.15) is 0 Å². The van der Waals surface area contributed by atoms with Crippen LogP contribution in [0, 0.1) is 0 Å². The summed E-state index contributed by atoms with van der Waals surface area (Å²) in [4.78, 5) is 29.4. The minimum Gasteiger partial charge on any atom is -0.497 e. The number of anilines is 1. The van der Waals surface area contributed by atoms with Crippen molar-refractivity contribution < 1.29 is 27.5 Å². The molecule has 1 N–H and O–H groups in total. The molecule has 0 heterocycles. The number of amides is 2. The van der Waals surface area contributed by atoms with Crippen LogP contribution in [0.15, 0.2) is 108 Å². The summed E-state index contributed by atoms with van der Waals surface area (Å²) in [6, 6.07) is 27.8. The number of carbonyl (C=O) groups excluding carboxylic acids is 2. The minimum atomic E-state index is -4.27. The maximum Gasteiger partial charge on any atom is 0.264 e. The highest BCUT2D eigenvalue weighted by Gasteiger charge is 2.34. The van der Waals surface area contributed by atoms with Crippen LogP contribution in [-0.2, 0) is 32.6 Å². The number of rotatable bonds is 14. The molecule has 9 nitrogen and oxygen atoms in total. The van der Waals surface area contributed by atoms with E-state index < -0.39 is 28.5 Å². The standard InChI is InChI=1S/C34H36ClN3O6S/c1-4-36-34(40)32(21-25-10-6-5-7-11-25)37(23-26-12-8-15-30(20-26)44-3)33(39)24-38(28-14-9-13-27(35)22-28)45(41,42)31-18-16-29(43-2)17-19-31/h5-20,22,32H,4,21,23-24H2,1-3H3,(H,36,40). The van der Waals surface area contributed by atoms with E-state index in [2.05, 4.69) is 5.32 Å². The Morgan fingerprint density at radius 3 is 2.13 bits per heavy atom. The van der Waals surface area contributed by atoms with Crippen LogP contribution in [0.3, 0.4) is 0 Å². The molecule has 0 spiro atoms. The number of methoxy groups -OCH3 is 2. The van der Waals surface area contributed by atoms with Crippen LogP contribution < -0.4 is 19.1 Å². The Bertz CT molecular complexity index is 1700. The lowest BCUT2D eigenvalue weighted by Crippen LogP contribution is -2.53. The topological polar surface area (TPSA) is 105 Å². The number of nitrogens with one attached hydrogen (secondary N) is 1. The second-order valence-corrected chi connectivity index (χ2v) is 12.4. The summed E-state index contributed by atoms with van der Waals surface area (Å²) in [7, 11) is -1.24. The Balaban J connectivity index is 1.80. The van der Waals surface area contributed by atoms with Gasteiger partial charge in [0.2, 0.25) is 11.8 Å². The predicted octanol–water partition coefficient (Wildman–Crippen LogP) is 5.33. The van der Waals surface area contributed by atoms with Crippen LogP contribution in [0.2, 0.25) is 5.02 Å². The van der Waals surface area contributed by atoms with Gasteiger partial charge in [0.15, 0.2) is 0 Å². The largest absolute Gasteiger partial charge is 0.497 e. The van der Waals surface area contributed by atoms with Crippen molar-refractivity contribution in [2.75, 3.05) is 31.6 Å². The second-order valence-electron chi connectivity index (χ2n) is 10.1. The number of sulfonamides is 1. The molecule has 45 heavy (non-hydrogen) atoms. The number of carbonyl (C=O) groups is 2. The number of benzene rings is 4. The fourth-order valence-electron chi connectivity index (χ4n) is 4.85. The summed E-state index contributed by atoms with van der Waals surface area (Å²) in [6.45, 7) is 1.58. The molecule has 1 atom stereocenters. The molecular formula is C34H36ClN3O6S. The van der Waals surface area contributed by atoms with Crippen molar-refractivity contribution in [2.24, 2.45) is 0 Å². The first kappa shape index (κ1) is 33.4. The smallest absolute Gasteiger partial charge is 0.264 e. The van der Waals surface area contributed by atoms with E-state index in [1.807, 2.05) is 36.4 Å². The highest BCUT2D eigenvalue weighted by atomic mass is 35.5. The van der Waals surface area contributed by atoms with Crippen molar-refractivity contribution in [3.05, 3.63) is 119 Å². The van der Waals surface area contributed by atoms with Crippen molar-refractivity contribution in [1.82, 2.24) is 10.2 Å². The quantitative estimate of drug-likeness (QED) is 0.198. The monoisotopic (exact) mass is 649 g/mol. The van der Waals surface area contributed by atoms with Crippen LogP contribution in [0.1, 0.15) is 18.1 Å². The number of halogens is 1. The van der Waals surface area contributed by atoms with E-state index in [1.54, 1.807) is 50.4 Å². The molecule has 4 aromatic rings. The first-order valence-corrected chi connectivity index (χ1v) is 16.1. The third kappa shape index (κ3) is 8.55. The molecule has 0 bridgehead atoms. The molecule has 0 aliphatic heterocycles. The molecule has 0 aliphatic rings. The molecule has 11 heteroatoms. The predicted molar refractivity (Wildman–Crippen MR) is 175 cm³/mol. The van der Waals surface area contributed by atoms with E-state index in [0.29, 0.717) is 28.6 Å². The van der Waals surface area contributed by atoms with Crippen molar-refractivity contribution in [1.29, 1.82) is 0 Å². The third-order valence-corrected chi connectivity index (χ3v) is 9.15. The van der Waals surface area contributed by atoms with Crippen LogP contribution in [-0.4, -0.2) is 58.5 Å². The zero-order valence-corrected chi connectivity index (χ0v) is 26.9. The number of hydrogen-bond donors (Lipinski definition) is 1. The zero-order chi connectivity index (χ0) is 32.4. The lowest BCUT2D eigenvalue weighted by atomic mass is 10.0. The number of hydrogen-bond acceptors (Lipinski definition) is 6.